The smallest absolute Gasteiger partial charge is 0.328 e. The van der Waals surface area contributed by atoms with Crippen LogP contribution in [-0.4, -0.2) is 67.0 Å². The summed E-state index contributed by atoms with van der Waals surface area (Å²) in [5.41, 5.74) is -2.00. The molecule has 0 fully saturated rings. The molecule has 6 N–H and O–H groups in total. The molecule has 0 aromatic carbocycles. The fraction of sp³-hybridized carbons (Fsp3) is 0.500. The van der Waals surface area contributed by atoms with Crippen molar-refractivity contribution in [1.82, 2.24) is 0 Å². The van der Waals surface area contributed by atoms with Crippen molar-refractivity contribution in [3.8, 4) is 0 Å². The first kappa shape index (κ1) is 20.6. The van der Waals surface area contributed by atoms with Gasteiger partial charge < -0.3 is 30.6 Å². The zero-order valence-corrected chi connectivity index (χ0v) is 11.2. The van der Waals surface area contributed by atoms with Crippen LogP contribution in [0.4, 0.5) is 0 Å². The molecule has 8 heteroatoms. The van der Waals surface area contributed by atoms with Crippen LogP contribution in [0.15, 0.2) is 24.3 Å². The van der Waals surface area contributed by atoms with Gasteiger partial charge in [0.25, 0.3) is 0 Å². The van der Waals surface area contributed by atoms with Gasteiger partial charge in [-0.2, -0.15) is 0 Å². The second-order valence-electron chi connectivity index (χ2n) is 3.94. The summed E-state index contributed by atoms with van der Waals surface area (Å²) in [4.78, 5) is 20.4. The summed E-state index contributed by atoms with van der Waals surface area (Å²) in [5.74, 6) is -2.62. The summed E-state index contributed by atoms with van der Waals surface area (Å²) in [6.45, 7) is 2.60. The molecule has 0 heterocycles. The molecule has 0 aliphatic rings. The Morgan fingerprint density at radius 1 is 1.05 bits per heavy atom. The van der Waals surface area contributed by atoms with E-state index in [0.717, 1.165) is 12.2 Å². The number of hydrogen-bond acceptors (Lipinski definition) is 6. The van der Waals surface area contributed by atoms with E-state index < -0.39 is 29.7 Å². The maximum Gasteiger partial charge on any atom is 0.328 e. The molecule has 116 valence electrons. The fourth-order valence-electron chi connectivity index (χ4n) is 0.744. The molecule has 0 aliphatic carbocycles. The van der Waals surface area contributed by atoms with E-state index in [2.05, 4.69) is 0 Å². The standard InChI is InChI=1S/C9H12O6.C3H8O2/c1-6(10)9(15,4-2-7(11)12)5-3-8(13)14;1-3(5)2-4/h2-6,10,15H,1H3,(H,11,12)(H,13,14);3-5H,2H2,1H3. The van der Waals surface area contributed by atoms with Gasteiger partial charge in [-0.25, -0.2) is 9.59 Å². The lowest BCUT2D eigenvalue weighted by atomic mass is 9.96. The van der Waals surface area contributed by atoms with E-state index in [4.69, 9.17) is 25.5 Å². The van der Waals surface area contributed by atoms with Crippen LogP contribution in [0.5, 0.6) is 0 Å². The average Bonchev–Trinajstić information content (AvgIpc) is 2.34. The number of rotatable bonds is 6. The van der Waals surface area contributed by atoms with Crippen molar-refractivity contribution in [3.05, 3.63) is 24.3 Å². The monoisotopic (exact) mass is 292 g/mol. The van der Waals surface area contributed by atoms with Crippen LogP contribution in [-0.2, 0) is 9.59 Å². The highest BCUT2D eigenvalue weighted by Gasteiger charge is 2.27. The molecule has 0 radical (unpaired) electrons. The van der Waals surface area contributed by atoms with E-state index in [1.165, 1.54) is 13.8 Å². The third kappa shape index (κ3) is 11.4. The van der Waals surface area contributed by atoms with Crippen molar-refractivity contribution < 1.29 is 40.2 Å². The van der Waals surface area contributed by atoms with E-state index in [1.807, 2.05) is 0 Å². The van der Waals surface area contributed by atoms with Gasteiger partial charge in [0.15, 0.2) is 0 Å². The van der Waals surface area contributed by atoms with Crippen molar-refractivity contribution in [1.29, 1.82) is 0 Å². The number of carboxylic acids is 2. The van der Waals surface area contributed by atoms with Gasteiger partial charge in [0.1, 0.15) is 5.60 Å². The van der Waals surface area contributed by atoms with Gasteiger partial charge in [0, 0.05) is 12.2 Å². The molecule has 0 aromatic rings. The highest BCUT2D eigenvalue weighted by molar-refractivity contribution is 5.81. The molecule has 0 bridgehead atoms. The normalized spacial score (nSPS) is 17.1. The Bertz CT molecular complexity index is 332. The number of hydrogen-bond donors (Lipinski definition) is 6. The summed E-state index contributed by atoms with van der Waals surface area (Å²) in [6.07, 6.45) is 0.968. The van der Waals surface area contributed by atoms with Crippen LogP contribution in [0, 0.1) is 0 Å². The quantitative estimate of drug-likeness (QED) is 0.331. The van der Waals surface area contributed by atoms with Gasteiger partial charge in [-0.1, -0.05) is 0 Å². The van der Waals surface area contributed by atoms with E-state index >= 15 is 0 Å². The molecule has 0 saturated carbocycles. The van der Waals surface area contributed by atoms with Gasteiger partial charge in [-0.3, -0.25) is 0 Å². The van der Waals surface area contributed by atoms with Crippen LogP contribution >= 0.6 is 0 Å². The average molecular weight is 292 g/mol. The summed E-state index contributed by atoms with van der Waals surface area (Å²) in [7, 11) is 0. The number of carbonyl (C=O) groups is 2. The van der Waals surface area contributed by atoms with Crippen molar-refractivity contribution in [3.63, 3.8) is 0 Å². The summed E-state index contributed by atoms with van der Waals surface area (Å²) in [6, 6.07) is 0. The minimum Gasteiger partial charge on any atom is -0.478 e. The Balaban J connectivity index is 0. The number of carboxylic acid groups (broad SMARTS) is 2. The number of aliphatic hydroxyl groups excluding tert-OH is 3. The molecule has 0 aliphatic heterocycles. The molecular weight excluding hydrogens is 272 g/mol. The molecule has 0 saturated heterocycles. The maximum atomic E-state index is 10.2. The van der Waals surface area contributed by atoms with E-state index in [9.17, 15) is 14.7 Å². The van der Waals surface area contributed by atoms with Crippen LogP contribution < -0.4 is 0 Å². The largest absolute Gasteiger partial charge is 0.478 e. The summed E-state index contributed by atoms with van der Waals surface area (Å²) >= 11 is 0. The molecule has 0 spiro atoms. The maximum absolute atomic E-state index is 10.2. The molecule has 2 unspecified atom stereocenters. The lowest BCUT2D eigenvalue weighted by Gasteiger charge is -2.23. The van der Waals surface area contributed by atoms with Crippen molar-refractivity contribution >= 4 is 11.9 Å². The molecule has 2 atom stereocenters. The SMILES string of the molecule is CC(O)C(O)(C=CC(=O)O)C=CC(=O)O.CC(O)CO. The Hall–Kier alpha value is -1.74. The fourth-order valence-corrected chi connectivity index (χ4v) is 0.744. The van der Waals surface area contributed by atoms with Gasteiger partial charge in [-0.15, -0.1) is 0 Å². The van der Waals surface area contributed by atoms with Crippen LogP contribution in [0.3, 0.4) is 0 Å². The van der Waals surface area contributed by atoms with Crippen LogP contribution in [0.1, 0.15) is 13.8 Å². The van der Waals surface area contributed by atoms with Gasteiger partial charge >= 0.3 is 11.9 Å². The molecule has 8 nitrogen and oxygen atoms in total. The van der Waals surface area contributed by atoms with Crippen molar-refractivity contribution in [2.24, 2.45) is 0 Å². The van der Waals surface area contributed by atoms with Gasteiger partial charge in [-0.05, 0) is 26.0 Å². The minimum atomic E-state index is -2.00. The number of aliphatic carboxylic acids is 2. The Kier molecular flexibility index (Phi) is 10.4. The zero-order chi connectivity index (χ0) is 16.3. The van der Waals surface area contributed by atoms with E-state index in [1.54, 1.807) is 0 Å². The predicted octanol–water partition coefficient (Wildman–Crippen LogP) is -1.26. The molecule has 0 amide bonds. The van der Waals surface area contributed by atoms with Gasteiger partial charge in [0.2, 0.25) is 0 Å². The Labute approximate surface area is 115 Å². The number of aliphatic hydroxyl groups is 4. The predicted molar refractivity (Wildman–Crippen MR) is 68.9 cm³/mol. The molecule has 0 rings (SSSR count). The topological polar surface area (TPSA) is 156 Å². The highest BCUT2D eigenvalue weighted by atomic mass is 16.4. The molecular formula is C12H20O8. The summed E-state index contributed by atoms with van der Waals surface area (Å²) in [5, 5.41) is 51.4. The third-order valence-corrected chi connectivity index (χ3v) is 1.92. The van der Waals surface area contributed by atoms with Gasteiger partial charge in [0.05, 0.1) is 18.8 Å². The molecule has 20 heavy (non-hydrogen) atoms. The first-order valence-electron chi connectivity index (χ1n) is 5.58. The lowest BCUT2D eigenvalue weighted by Crippen LogP contribution is -2.36. The second-order valence-corrected chi connectivity index (χ2v) is 3.94. The third-order valence-electron chi connectivity index (χ3n) is 1.92. The van der Waals surface area contributed by atoms with Crippen LogP contribution in [0.2, 0.25) is 0 Å². The van der Waals surface area contributed by atoms with Crippen molar-refractivity contribution in [2.45, 2.75) is 31.7 Å². The lowest BCUT2D eigenvalue weighted by molar-refractivity contribution is -0.132. The molecule has 0 aromatic heterocycles. The first-order chi connectivity index (χ1) is 9.05. The second kappa shape index (κ2) is 10.1. The minimum absolute atomic E-state index is 0.139. The van der Waals surface area contributed by atoms with E-state index in [0.29, 0.717) is 12.2 Å². The highest BCUT2D eigenvalue weighted by Crippen LogP contribution is 2.14. The summed E-state index contributed by atoms with van der Waals surface area (Å²) < 4.78 is 0. The Morgan fingerprint density at radius 3 is 1.50 bits per heavy atom. The van der Waals surface area contributed by atoms with Crippen LogP contribution in [0.25, 0.3) is 0 Å². The zero-order valence-electron chi connectivity index (χ0n) is 11.2. The first-order valence-corrected chi connectivity index (χ1v) is 5.58. The Morgan fingerprint density at radius 2 is 1.35 bits per heavy atom. The van der Waals surface area contributed by atoms with Crippen molar-refractivity contribution in [2.75, 3.05) is 6.61 Å². The van der Waals surface area contributed by atoms with E-state index in [-0.39, 0.29) is 6.61 Å².